The Morgan fingerprint density at radius 3 is 2.30 bits per heavy atom. The molecule has 0 bridgehead atoms. The summed E-state index contributed by atoms with van der Waals surface area (Å²) < 4.78 is 27.1. The number of nitro benzene ring substituents is 1. The summed E-state index contributed by atoms with van der Waals surface area (Å²) in [6.45, 7) is 1.02. The first-order valence-corrected chi connectivity index (χ1v) is 11.2. The Kier molecular flexibility index (Phi) is 7.01. The van der Waals surface area contributed by atoms with E-state index in [4.69, 9.17) is 0 Å². The second-order valence-corrected chi connectivity index (χ2v) is 8.99. The predicted molar refractivity (Wildman–Crippen MR) is 114 cm³/mol. The van der Waals surface area contributed by atoms with Gasteiger partial charge in [-0.05, 0) is 43.2 Å². The van der Waals surface area contributed by atoms with Gasteiger partial charge >= 0.3 is 0 Å². The van der Waals surface area contributed by atoms with E-state index in [2.05, 4.69) is 10.6 Å². The van der Waals surface area contributed by atoms with E-state index in [9.17, 15) is 23.3 Å². The maximum Gasteiger partial charge on any atom is 0.271 e. The van der Waals surface area contributed by atoms with Crippen LogP contribution in [-0.2, 0) is 14.8 Å². The first-order valence-electron chi connectivity index (χ1n) is 9.75. The average molecular weight is 433 g/mol. The maximum atomic E-state index is 12.8. The van der Waals surface area contributed by atoms with Crippen LogP contribution in [0.5, 0.6) is 0 Å². The van der Waals surface area contributed by atoms with Crippen molar-refractivity contribution in [3.8, 4) is 0 Å². The van der Waals surface area contributed by atoms with Gasteiger partial charge in [0.05, 0.1) is 16.4 Å². The van der Waals surface area contributed by atoms with Gasteiger partial charge < -0.3 is 10.6 Å². The van der Waals surface area contributed by atoms with E-state index in [1.54, 1.807) is 18.2 Å². The van der Waals surface area contributed by atoms with Crippen molar-refractivity contribution in [2.75, 3.05) is 30.3 Å². The molecule has 0 radical (unpaired) electrons. The van der Waals surface area contributed by atoms with Crippen LogP contribution in [0.15, 0.2) is 53.4 Å². The zero-order valence-corrected chi connectivity index (χ0v) is 17.2. The minimum absolute atomic E-state index is 0.0685. The summed E-state index contributed by atoms with van der Waals surface area (Å²) in [5.41, 5.74) is 0.816. The van der Waals surface area contributed by atoms with E-state index in [-0.39, 0.29) is 23.0 Å². The monoisotopic (exact) mass is 432 g/mol. The number of nitrogens with one attached hydrogen (secondary N) is 2. The molecular formula is C20H24N4O5S. The summed E-state index contributed by atoms with van der Waals surface area (Å²) in [5, 5.41) is 16.3. The molecule has 0 aliphatic carbocycles. The van der Waals surface area contributed by atoms with Crippen molar-refractivity contribution in [1.29, 1.82) is 0 Å². The fraction of sp³-hybridized carbons (Fsp3) is 0.350. The third-order valence-electron chi connectivity index (χ3n) is 4.85. The standard InChI is InChI=1S/C20H24N4O5S/c25-20(22-17-6-5-7-18(14-17)24(26)27)15-21-16-8-10-19(11-9-16)30(28,29)23-12-3-1-2-4-13-23/h5-11,14,21H,1-4,12-13,15H2,(H,22,25). The molecular weight excluding hydrogens is 408 g/mol. The van der Waals surface area contributed by atoms with Crippen molar-refractivity contribution in [2.45, 2.75) is 30.6 Å². The van der Waals surface area contributed by atoms with E-state index in [0.29, 0.717) is 24.5 Å². The SMILES string of the molecule is O=C(CNc1ccc(S(=O)(=O)N2CCCCCC2)cc1)Nc1cccc([N+](=O)[O-])c1. The lowest BCUT2D eigenvalue weighted by molar-refractivity contribution is -0.384. The molecule has 1 fully saturated rings. The smallest absolute Gasteiger partial charge is 0.271 e. The minimum atomic E-state index is -3.51. The molecule has 1 aliphatic rings. The van der Waals surface area contributed by atoms with Crippen LogP contribution in [0, 0.1) is 10.1 Å². The third kappa shape index (κ3) is 5.55. The third-order valence-corrected chi connectivity index (χ3v) is 6.76. The van der Waals surface area contributed by atoms with Crippen molar-refractivity contribution >= 4 is 33.0 Å². The molecule has 1 aliphatic heterocycles. The van der Waals surface area contributed by atoms with Gasteiger partial charge in [0.2, 0.25) is 15.9 Å². The predicted octanol–water partition coefficient (Wildman–Crippen LogP) is 3.21. The summed E-state index contributed by atoms with van der Waals surface area (Å²) in [6, 6.07) is 12.0. The first kappa shape index (κ1) is 21.7. The Bertz CT molecular complexity index is 1000. The van der Waals surface area contributed by atoms with Crippen LogP contribution >= 0.6 is 0 Å². The lowest BCUT2D eigenvalue weighted by atomic mass is 10.2. The molecule has 30 heavy (non-hydrogen) atoms. The van der Waals surface area contributed by atoms with Crippen molar-refractivity contribution in [1.82, 2.24) is 4.31 Å². The number of sulfonamides is 1. The number of hydrogen-bond donors (Lipinski definition) is 2. The maximum absolute atomic E-state index is 12.8. The van der Waals surface area contributed by atoms with Gasteiger partial charge in [-0.15, -0.1) is 0 Å². The number of hydrogen-bond acceptors (Lipinski definition) is 6. The lowest BCUT2D eigenvalue weighted by Gasteiger charge is -2.20. The van der Waals surface area contributed by atoms with Crippen LogP contribution in [0.25, 0.3) is 0 Å². The molecule has 2 N–H and O–H groups in total. The fourth-order valence-electron chi connectivity index (χ4n) is 3.26. The number of nitro groups is 1. The van der Waals surface area contributed by atoms with E-state index >= 15 is 0 Å². The second-order valence-electron chi connectivity index (χ2n) is 7.05. The van der Waals surface area contributed by atoms with Gasteiger partial charge in [-0.2, -0.15) is 4.31 Å². The molecule has 0 saturated carbocycles. The Morgan fingerprint density at radius 2 is 1.67 bits per heavy atom. The van der Waals surface area contributed by atoms with Gasteiger partial charge in [0.1, 0.15) is 0 Å². The molecule has 2 aromatic carbocycles. The van der Waals surface area contributed by atoms with Gasteiger partial charge in [-0.1, -0.05) is 18.9 Å². The topological polar surface area (TPSA) is 122 Å². The van der Waals surface area contributed by atoms with E-state index in [0.717, 1.165) is 25.7 Å². The number of nitrogens with zero attached hydrogens (tertiary/aromatic N) is 2. The number of rotatable bonds is 7. The van der Waals surface area contributed by atoms with Crippen LogP contribution in [0.2, 0.25) is 0 Å². The molecule has 1 amide bonds. The largest absolute Gasteiger partial charge is 0.376 e. The second kappa shape index (κ2) is 9.68. The molecule has 0 spiro atoms. The van der Waals surface area contributed by atoms with Crippen LogP contribution in [0.3, 0.4) is 0 Å². The normalized spacial score (nSPS) is 15.2. The van der Waals surface area contributed by atoms with Gasteiger partial charge in [0.25, 0.3) is 5.69 Å². The number of anilines is 2. The number of carbonyl (C=O) groups is 1. The summed E-state index contributed by atoms with van der Waals surface area (Å²) in [5.74, 6) is -0.378. The number of benzene rings is 2. The van der Waals surface area contributed by atoms with Crippen LogP contribution in [-0.4, -0.2) is 43.2 Å². The highest BCUT2D eigenvalue weighted by atomic mass is 32.2. The highest BCUT2D eigenvalue weighted by Gasteiger charge is 2.24. The van der Waals surface area contributed by atoms with Gasteiger partial charge in [0, 0.05) is 36.6 Å². The Balaban J connectivity index is 1.57. The van der Waals surface area contributed by atoms with Crippen molar-refractivity contribution in [2.24, 2.45) is 0 Å². The van der Waals surface area contributed by atoms with E-state index < -0.39 is 14.9 Å². The number of non-ortho nitro benzene ring substituents is 1. The molecule has 0 atom stereocenters. The molecule has 3 rings (SSSR count). The lowest BCUT2D eigenvalue weighted by Crippen LogP contribution is -2.31. The molecule has 9 nitrogen and oxygen atoms in total. The highest BCUT2D eigenvalue weighted by molar-refractivity contribution is 7.89. The molecule has 2 aromatic rings. The highest BCUT2D eigenvalue weighted by Crippen LogP contribution is 2.22. The van der Waals surface area contributed by atoms with Crippen molar-refractivity contribution in [3.05, 3.63) is 58.6 Å². The molecule has 0 unspecified atom stereocenters. The van der Waals surface area contributed by atoms with Gasteiger partial charge in [0.15, 0.2) is 0 Å². The van der Waals surface area contributed by atoms with Crippen molar-refractivity contribution < 1.29 is 18.1 Å². The zero-order chi connectivity index (χ0) is 21.6. The molecule has 1 heterocycles. The zero-order valence-electron chi connectivity index (χ0n) is 16.4. The molecule has 160 valence electrons. The Labute approximate surface area is 175 Å². The van der Waals surface area contributed by atoms with Gasteiger partial charge in [-0.25, -0.2) is 8.42 Å². The average Bonchev–Trinajstić information content (AvgIpc) is 3.03. The molecule has 0 aromatic heterocycles. The summed E-state index contributed by atoms with van der Waals surface area (Å²) in [7, 11) is -3.51. The molecule has 10 heteroatoms. The quantitative estimate of drug-likeness (QED) is 0.512. The van der Waals surface area contributed by atoms with Crippen LogP contribution < -0.4 is 10.6 Å². The summed E-state index contributed by atoms with van der Waals surface area (Å²) in [4.78, 5) is 22.6. The van der Waals surface area contributed by atoms with E-state index in [1.165, 1.54) is 34.6 Å². The fourth-order valence-corrected chi connectivity index (χ4v) is 4.78. The molecule has 1 saturated heterocycles. The Hall–Kier alpha value is -2.98. The minimum Gasteiger partial charge on any atom is -0.376 e. The first-order chi connectivity index (χ1) is 14.4. The summed E-state index contributed by atoms with van der Waals surface area (Å²) in [6.07, 6.45) is 3.84. The Morgan fingerprint density at radius 1 is 1.00 bits per heavy atom. The number of amides is 1. The number of carbonyl (C=O) groups excluding carboxylic acids is 1. The van der Waals surface area contributed by atoms with Crippen LogP contribution in [0.1, 0.15) is 25.7 Å². The van der Waals surface area contributed by atoms with E-state index in [1.807, 2.05) is 0 Å². The van der Waals surface area contributed by atoms with Crippen LogP contribution in [0.4, 0.5) is 17.1 Å². The van der Waals surface area contributed by atoms with Gasteiger partial charge in [-0.3, -0.25) is 14.9 Å². The van der Waals surface area contributed by atoms with Crippen molar-refractivity contribution in [3.63, 3.8) is 0 Å². The summed E-state index contributed by atoms with van der Waals surface area (Å²) >= 11 is 0.